The van der Waals surface area contributed by atoms with E-state index in [-0.39, 0.29) is 6.04 Å². The summed E-state index contributed by atoms with van der Waals surface area (Å²) in [5.74, 6) is 0.940. The first kappa shape index (κ1) is 16.4. The van der Waals surface area contributed by atoms with Crippen molar-refractivity contribution >= 4 is 28.1 Å². The fourth-order valence-electron chi connectivity index (χ4n) is 3.46. The highest BCUT2D eigenvalue weighted by Gasteiger charge is 2.28. The van der Waals surface area contributed by atoms with E-state index in [2.05, 4.69) is 27.9 Å². The van der Waals surface area contributed by atoms with Crippen molar-refractivity contribution in [1.29, 1.82) is 0 Å². The molecule has 0 bridgehead atoms. The molecule has 1 saturated heterocycles. The number of hydrogen-bond donors (Lipinski definition) is 1. The van der Waals surface area contributed by atoms with Crippen LogP contribution in [0.4, 0.5) is 5.82 Å². The Hall–Kier alpha value is -2.02. The Morgan fingerprint density at radius 2 is 2.24 bits per heavy atom. The van der Waals surface area contributed by atoms with Crippen LogP contribution in [0, 0.1) is 6.92 Å². The Morgan fingerprint density at radius 3 is 3.08 bits per heavy atom. The molecule has 0 aliphatic carbocycles. The standard InChI is InChI=1S/C19H21N3O2S/c1-13-4-2-5-15-18(13)19(21-12-20-15)22-7-8-24-11-14(22)10-16(23)17-6-3-9-25-17/h2-6,9,12,14,16,23H,7-8,10-11H2,1H3. The van der Waals surface area contributed by atoms with Crippen molar-refractivity contribution in [3.63, 3.8) is 0 Å². The lowest BCUT2D eigenvalue weighted by molar-refractivity contribution is 0.0686. The van der Waals surface area contributed by atoms with Gasteiger partial charge >= 0.3 is 0 Å². The zero-order chi connectivity index (χ0) is 17.2. The van der Waals surface area contributed by atoms with Gasteiger partial charge in [-0.1, -0.05) is 18.2 Å². The third kappa shape index (κ3) is 3.25. The van der Waals surface area contributed by atoms with E-state index in [1.165, 1.54) is 0 Å². The lowest BCUT2D eigenvalue weighted by atomic mass is 10.0. The summed E-state index contributed by atoms with van der Waals surface area (Å²) in [4.78, 5) is 12.3. The summed E-state index contributed by atoms with van der Waals surface area (Å²) in [6.45, 7) is 4.12. The number of morpholine rings is 1. The van der Waals surface area contributed by atoms with Gasteiger partial charge in [0, 0.05) is 23.2 Å². The molecule has 6 heteroatoms. The minimum atomic E-state index is -0.483. The topological polar surface area (TPSA) is 58.5 Å². The number of aryl methyl sites for hydroxylation is 1. The van der Waals surface area contributed by atoms with E-state index in [0.29, 0.717) is 19.6 Å². The molecule has 2 aromatic heterocycles. The number of fused-ring (bicyclic) bond motifs is 1. The summed E-state index contributed by atoms with van der Waals surface area (Å²) in [6.07, 6.45) is 1.76. The van der Waals surface area contributed by atoms with Crippen LogP contribution in [0.5, 0.6) is 0 Å². The van der Waals surface area contributed by atoms with Gasteiger partial charge in [0.1, 0.15) is 12.1 Å². The van der Waals surface area contributed by atoms with Crippen LogP contribution in [0.15, 0.2) is 42.0 Å². The quantitative estimate of drug-likeness (QED) is 0.778. The smallest absolute Gasteiger partial charge is 0.140 e. The fraction of sp³-hybridized carbons (Fsp3) is 0.368. The highest BCUT2D eigenvalue weighted by molar-refractivity contribution is 7.10. The molecule has 3 aromatic rings. The van der Waals surface area contributed by atoms with E-state index in [0.717, 1.165) is 33.7 Å². The molecular weight excluding hydrogens is 334 g/mol. The van der Waals surface area contributed by atoms with Crippen molar-refractivity contribution in [2.24, 2.45) is 0 Å². The number of anilines is 1. The first-order valence-corrected chi connectivity index (χ1v) is 9.38. The van der Waals surface area contributed by atoms with Crippen LogP contribution < -0.4 is 4.90 Å². The van der Waals surface area contributed by atoms with E-state index in [1.54, 1.807) is 17.7 Å². The number of aliphatic hydroxyl groups excluding tert-OH is 1. The van der Waals surface area contributed by atoms with Crippen LogP contribution in [0.3, 0.4) is 0 Å². The molecule has 4 rings (SSSR count). The maximum absolute atomic E-state index is 10.6. The number of hydrogen-bond acceptors (Lipinski definition) is 6. The lowest BCUT2D eigenvalue weighted by Crippen LogP contribution is -2.46. The van der Waals surface area contributed by atoms with Gasteiger partial charge < -0.3 is 14.7 Å². The van der Waals surface area contributed by atoms with Gasteiger partial charge in [-0.2, -0.15) is 0 Å². The average molecular weight is 355 g/mol. The summed E-state index contributed by atoms with van der Waals surface area (Å²) in [7, 11) is 0. The van der Waals surface area contributed by atoms with Crippen LogP contribution in [0.2, 0.25) is 0 Å². The number of aliphatic hydroxyl groups is 1. The average Bonchev–Trinajstić information content (AvgIpc) is 3.17. The molecule has 1 aliphatic rings. The highest BCUT2D eigenvalue weighted by atomic mass is 32.1. The van der Waals surface area contributed by atoms with Gasteiger partial charge in [-0.25, -0.2) is 9.97 Å². The van der Waals surface area contributed by atoms with Crippen molar-refractivity contribution in [2.45, 2.75) is 25.5 Å². The van der Waals surface area contributed by atoms with Crippen LogP contribution >= 0.6 is 11.3 Å². The molecular formula is C19H21N3O2S. The van der Waals surface area contributed by atoms with E-state index in [9.17, 15) is 5.11 Å². The molecule has 1 aromatic carbocycles. The Balaban J connectivity index is 1.68. The third-order valence-electron chi connectivity index (χ3n) is 4.72. The van der Waals surface area contributed by atoms with E-state index in [1.807, 2.05) is 29.6 Å². The van der Waals surface area contributed by atoms with Crippen molar-refractivity contribution in [3.8, 4) is 0 Å². The largest absolute Gasteiger partial charge is 0.387 e. The molecule has 0 amide bonds. The SMILES string of the molecule is Cc1cccc2ncnc(N3CCOCC3CC(O)c3cccs3)c12. The second-order valence-corrected chi connectivity index (χ2v) is 7.33. The predicted molar refractivity (Wildman–Crippen MR) is 100 cm³/mol. The zero-order valence-corrected chi connectivity index (χ0v) is 14.9. The van der Waals surface area contributed by atoms with E-state index in [4.69, 9.17) is 4.74 Å². The first-order chi connectivity index (χ1) is 12.2. The Morgan fingerprint density at radius 1 is 1.32 bits per heavy atom. The van der Waals surface area contributed by atoms with Gasteiger partial charge in [-0.3, -0.25) is 0 Å². The van der Waals surface area contributed by atoms with Crippen molar-refractivity contribution < 1.29 is 9.84 Å². The first-order valence-electron chi connectivity index (χ1n) is 8.50. The van der Waals surface area contributed by atoms with Crippen LogP contribution in [-0.4, -0.2) is 40.9 Å². The summed E-state index contributed by atoms with van der Waals surface area (Å²) in [5.41, 5.74) is 2.12. The van der Waals surface area contributed by atoms with Gasteiger partial charge in [-0.15, -0.1) is 11.3 Å². The minimum Gasteiger partial charge on any atom is -0.387 e. The monoisotopic (exact) mass is 355 g/mol. The van der Waals surface area contributed by atoms with Gasteiger partial charge in [0.05, 0.1) is 30.9 Å². The molecule has 0 spiro atoms. The Bertz CT molecular complexity index is 848. The summed E-state index contributed by atoms with van der Waals surface area (Å²) < 4.78 is 5.70. The number of aromatic nitrogens is 2. The maximum atomic E-state index is 10.6. The second-order valence-electron chi connectivity index (χ2n) is 6.36. The van der Waals surface area contributed by atoms with Crippen molar-refractivity contribution in [2.75, 3.05) is 24.7 Å². The number of benzene rings is 1. The number of nitrogens with zero attached hydrogens (tertiary/aromatic N) is 3. The molecule has 5 nitrogen and oxygen atoms in total. The summed E-state index contributed by atoms with van der Waals surface area (Å²) in [5, 5.41) is 13.7. The molecule has 1 fully saturated rings. The third-order valence-corrected chi connectivity index (χ3v) is 5.69. The maximum Gasteiger partial charge on any atom is 0.140 e. The second kappa shape index (κ2) is 7.07. The van der Waals surface area contributed by atoms with Gasteiger partial charge in [0.2, 0.25) is 0 Å². The molecule has 1 N–H and O–H groups in total. The lowest BCUT2D eigenvalue weighted by Gasteiger charge is -2.38. The van der Waals surface area contributed by atoms with Gasteiger partial charge in [0.25, 0.3) is 0 Å². The molecule has 1 aliphatic heterocycles. The van der Waals surface area contributed by atoms with E-state index >= 15 is 0 Å². The minimum absolute atomic E-state index is 0.0866. The predicted octanol–water partition coefficient (Wildman–Crippen LogP) is 3.33. The van der Waals surface area contributed by atoms with Gasteiger partial charge in [-0.05, 0) is 30.0 Å². The Kier molecular flexibility index (Phi) is 4.65. The van der Waals surface area contributed by atoms with Crippen LogP contribution in [0.25, 0.3) is 10.9 Å². The van der Waals surface area contributed by atoms with E-state index < -0.39 is 6.10 Å². The molecule has 130 valence electrons. The van der Waals surface area contributed by atoms with Crippen LogP contribution in [0.1, 0.15) is 23.0 Å². The molecule has 0 radical (unpaired) electrons. The molecule has 3 heterocycles. The summed E-state index contributed by atoms with van der Waals surface area (Å²) >= 11 is 1.59. The fourth-order valence-corrected chi connectivity index (χ4v) is 4.19. The number of thiophene rings is 1. The highest BCUT2D eigenvalue weighted by Crippen LogP contribution is 2.32. The number of rotatable bonds is 4. The number of ether oxygens (including phenoxy) is 1. The van der Waals surface area contributed by atoms with Crippen molar-refractivity contribution in [1.82, 2.24) is 9.97 Å². The molecule has 2 unspecified atom stereocenters. The summed E-state index contributed by atoms with van der Waals surface area (Å²) in [6, 6.07) is 10.2. The Labute approximate surface area is 150 Å². The van der Waals surface area contributed by atoms with Crippen molar-refractivity contribution in [3.05, 3.63) is 52.5 Å². The van der Waals surface area contributed by atoms with Crippen LogP contribution in [-0.2, 0) is 4.74 Å². The molecule has 0 saturated carbocycles. The van der Waals surface area contributed by atoms with Gasteiger partial charge in [0.15, 0.2) is 0 Å². The normalized spacial score (nSPS) is 19.3. The molecule has 25 heavy (non-hydrogen) atoms. The zero-order valence-electron chi connectivity index (χ0n) is 14.1. The molecule has 2 atom stereocenters.